The molecule has 0 N–H and O–H groups in total. The number of fused-ring (bicyclic) bond motifs is 1. The normalized spacial score (nSPS) is 11.3. The van der Waals surface area contributed by atoms with Gasteiger partial charge in [0.1, 0.15) is 5.82 Å². The highest BCUT2D eigenvalue weighted by molar-refractivity contribution is 5.77. The van der Waals surface area contributed by atoms with Crippen molar-refractivity contribution >= 4 is 10.9 Å². The maximum atomic E-state index is 12.7. The number of para-hydroxylation sites is 1. The Labute approximate surface area is 155 Å². The Kier molecular flexibility index (Phi) is 6.18. The lowest BCUT2D eigenvalue weighted by molar-refractivity contribution is 0.281. The van der Waals surface area contributed by atoms with Crippen molar-refractivity contribution in [1.82, 2.24) is 14.5 Å². The van der Waals surface area contributed by atoms with E-state index in [0.29, 0.717) is 11.9 Å². The molecule has 0 aliphatic heterocycles. The first-order valence-electron chi connectivity index (χ1n) is 9.41. The van der Waals surface area contributed by atoms with Crippen LogP contribution in [0.5, 0.6) is 0 Å². The Hall–Kier alpha value is -2.46. The van der Waals surface area contributed by atoms with Crippen LogP contribution < -0.4 is 5.56 Å². The van der Waals surface area contributed by atoms with Crippen LogP contribution in [0.15, 0.2) is 59.4 Å². The van der Waals surface area contributed by atoms with Crippen LogP contribution in [-0.4, -0.2) is 34.1 Å². The molecule has 0 atom stereocenters. The van der Waals surface area contributed by atoms with Gasteiger partial charge in [0.2, 0.25) is 0 Å². The summed E-state index contributed by atoms with van der Waals surface area (Å²) in [7, 11) is 0. The minimum atomic E-state index is 0.0698. The fourth-order valence-corrected chi connectivity index (χ4v) is 3.35. The van der Waals surface area contributed by atoms with Crippen molar-refractivity contribution in [2.45, 2.75) is 33.2 Å². The lowest BCUT2D eigenvalue weighted by atomic mass is 10.1. The number of hydrogen-bond acceptors (Lipinski definition) is 3. The van der Waals surface area contributed by atoms with E-state index in [1.165, 1.54) is 5.56 Å². The summed E-state index contributed by atoms with van der Waals surface area (Å²) in [5.74, 6) is 0.793. The van der Waals surface area contributed by atoms with Crippen molar-refractivity contribution in [3.05, 3.63) is 76.3 Å². The zero-order valence-corrected chi connectivity index (χ0v) is 15.7. The Morgan fingerprint density at radius 3 is 2.50 bits per heavy atom. The van der Waals surface area contributed by atoms with E-state index in [-0.39, 0.29) is 5.56 Å². The van der Waals surface area contributed by atoms with Crippen molar-refractivity contribution < 1.29 is 0 Å². The minimum absolute atomic E-state index is 0.0698. The number of aryl methyl sites for hydroxylation is 1. The third-order valence-corrected chi connectivity index (χ3v) is 4.92. The van der Waals surface area contributed by atoms with Crippen molar-refractivity contribution in [2.24, 2.45) is 0 Å². The SMILES string of the molecule is CCN(CCCn1c(C)nc2ccccc2c1=O)CCc1ccccc1. The van der Waals surface area contributed by atoms with Crippen molar-refractivity contribution in [2.75, 3.05) is 19.6 Å². The second-order valence-corrected chi connectivity index (χ2v) is 6.66. The molecule has 1 heterocycles. The van der Waals surface area contributed by atoms with Gasteiger partial charge in [0, 0.05) is 13.1 Å². The number of likely N-dealkylation sites (N-methyl/N-ethyl adjacent to an activating group) is 1. The molecule has 3 aromatic rings. The fraction of sp³-hybridized carbons (Fsp3) is 0.364. The number of benzene rings is 2. The monoisotopic (exact) mass is 349 g/mol. The molecule has 0 aliphatic carbocycles. The molecule has 0 unspecified atom stereocenters. The van der Waals surface area contributed by atoms with Gasteiger partial charge in [0.15, 0.2) is 0 Å². The predicted octanol–water partition coefficient (Wildman–Crippen LogP) is 3.66. The lowest BCUT2D eigenvalue weighted by Crippen LogP contribution is -2.30. The maximum absolute atomic E-state index is 12.7. The molecule has 0 aliphatic rings. The smallest absolute Gasteiger partial charge is 0.261 e. The first-order chi connectivity index (χ1) is 12.7. The summed E-state index contributed by atoms with van der Waals surface area (Å²) in [6.45, 7) is 7.88. The van der Waals surface area contributed by atoms with Crippen LogP contribution in [0, 0.1) is 6.92 Å². The second-order valence-electron chi connectivity index (χ2n) is 6.66. The second kappa shape index (κ2) is 8.77. The molecule has 4 heteroatoms. The highest BCUT2D eigenvalue weighted by Gasteiger charge is 2.08. The van der Waals surface area contributed by atoms with E-state index in [9.17, 15) is 4.79 Å². The third kappa shape index (κ3) is 4.38. The molecule has 0 radical (unpaired) electrons. The topological polar surface area (TPSA) is 38.1 Å². The van der Waals surface area contributed by atoms with Crippen molar-refractivity contribution in [1.29, 1.82) is 0 Å². The zero-order chi connectivity index (χ0) is 18.4. The van der Waals surface area contributed by atoms with Gasteiger partial charge in [-0.3, -0.25) is 9.36 Å². The standard InChI is InChI=1S/C22H27N3O/c1-3-24(17-14-19-10-5-4-6-11-19)15-9-16-25-18(2)23-21-13-8-7-12-20(21)22(25)26/h4-8,10-13H,3,9,14-17H2,1-2H3. The quantitative estimate of drug-likeness (QED) is 0.623. The Morgan fingerprint density at radius 2 is 1.73 bits per heavy atom. The van der Waals surface area contributed by atoms with E-state index in [1.54, 1.807) is 0 Å². The van der Waals surface area contributed by atoms with Crippen LogP contribution in [-0.2, 0) is 13.0 Å². The molecule has 0 spiro atoms. The predicted molar refractivity (Wildman–Crippen MR) is 108 cm³/mol. The van der Waals surface area contributed by atoms with Gasteiger partial charge < -0.3 is 4.90 Å². The van der Waals surface area contributed by atoms with Crippen molar-refractivity contribution in [3.63, 3.8) is 0 Å². The number of hydrogen-bond donors (Lipinski definition) is 0. The van der Waals surface area contributed by atoms with E-state index in [2.05, 4.69) is 47.1 Å². The van der Waals surface area contributed by atoms with E-state index in [1.807, 2.05) is 35.8 Å². The van der Waals surface area contributed by atoms with Crippen molar-refractivity contribution in [3.8, 4) is 0 Å². The summed E-state index contributed by atoms with van der Waals surface area (Å²) in [5.41, 5.74) is 2.22. The van der Waals surface area contributed by atoms with Crippen LogP contribution >= 0.6 is 0 Å². The summed E-state index contributed by atoms with van der Waals surface area (Å²) >= 11 is 0. The fourth-order valence-electron chi connectivity index (χ4n) is 3.35. The summed E-state index contributed by atoms with van der Waals surface area (Å²) < 4.78 is 1.81. The molecule has 1 aromatic heterocycles. The molecule has 2 aromatic carbocycles. The first-order valence-corrected chi connectivity index (χ1v) is 9.41. The van der Waals surface area contributed by atoms with Gasteiger partial charge in [-0.05, 0) is 50.6 Å². The summed E-state index contributed by atoms with van der Waals surface area (Å²) in [6, 6.07) is 18.2. The van der Waals surface area contributed by atoms with Gasteiger partial charge in [0.25, 0.3) is 5.56 Å². The summed E-state index contributed by atoms with van der Waals surface area (Å²) in [6.07, 6.45) is 2.01. The Balaban J connectivity index is 1.60. The van der Waals surface area contributed by atoms with Crippen LogP contribution in [0.2, 0.25) is 0 Å². The molecule has 0 bridgehead atoms. The molecule has 4 nitrogen and oxygen atoms in total. The van der Waals surface area contributed by atoms with Crippen LogP contribution in [0.25, 0.3) is 10.9 Å². The van der Waals surface area contributed by atoms with Crippen LogP contribution in [0.3, 0.4) is 0 Å². The highest BCUT2D eigenvalue weighted by Crippen LogP contribution is 2.08. The maximum Gasteiger partial charge on any atom is 0.261 e. The molecular formula is C22H27N3O. The largest absolute Gasteiger partial charge is 0.303 e. The molecule has 136 valence electrons. The Morgan fingerprint density at radius 1 is 1.00 bits per heavy atom. The molecule has 0 saturated carbocycles. The van der Waals surface area contributed by atoms with Gasteiger partial charge in [-0.1, -0.05) is 49.4 Å². The van der Waals surface area contributed by atoms with Gasteiger partial charge >= 0.3 is 0 Å². The first kappa shape index (κ1) is 18.3. The van der Waals surface area contributed by atoms with E-state index < -0.39 is 0 Å². The summed E-state index contributed by atoms with van der Waals surface area (Å²) in [4.78, 5) is 19.7. The lowest BCUT2D eigenvalue weighted by Gasteiger charge is -2.21. The molecule has 0 fully saturated rings. The summed E-state index contributed by atoms with van der Waals surface area (Å²) in [5, 5.41) is 0.703. The van der Waals surface area contributed by atoms with E-state index in [0.717, 1.165) is 43.8 Å². The van der Waals surface area contributed by atoms with Gasteiger partial charge in [-0.25, -0.2) is 4.98 Å². The highest BCUT2D eigenvalue weighted by atomic mass is 16.1. The third-order valence-electron chi connectivity index (χ3n) is 4.92. The zero-order valence-electron chi connectivity index (χ0n) is 15.7. The number of aromatic nitrogens is 2. The molecule has 0 saturated heterocycles. The van der Waals surface area contributed by atoms with E-state index >= 15 is 0 Å². The molecular weight excluding hydrogens is 322 g/mol. The molecule has 26 heavy (non-hydrogen) atoms. The average Bonchev–Trinajstić information content (AvgIpc) is 2.67. The average molecular weight is 349 g/mol. The number of nitrogens with zero attached hydrogens (tertiary/aromatic N) is 3. The van der Waals surface area contributed by atoms with Gasteiger partial charge in [-0.2, -0.15) is 0 Å². The van der Waals surface area contributed by atoms with Gasteiger partial charge in [0.05, 0.1) is 10.9 Å². The van der Waals surface area contributed by atoms with Crippen LogP contribution in [0.4, 0.5) is 0 Å². The molecule has 3 rings (SSSR count). The Bertz CT molecular complexity index is 902. The number of rotatable bonds is 8. The molecule has 0 amide bonds. The minimum Gasteiger partial charge on any atom is -0.303 e. The van der Waals surface area contributed by atoms with Gasteiger partial charge in [-0.15, -0.1) is 0 Å². The van der Waals surface area contributed by atoms with Crippen LogP contribution in [0.1, 0.15) is 24.7 Å². The van der Waals surface area contributed by atoms with E-state index in [4.69, 9.17) is 0 Å².